The number of hydrogen-bond donors (Lipinski definition) is 2. The third-order valence-electron chi connectivity index (χ3n) is 2.50. The smallest absolute Gasteiger partial charge is 0.407 e. The quantitative estimate of drug-likeness (QED) is 0.620. The number of ether oxygens (including phenoxy) is 1. The normalized spacial score (nSPS) is 14.3. The number of amides is 1. The van der Waals surface area contributed by atoms with Gasteiger partial charge in [-0.25, -0.2) is 4.79 Å². The zero-order valence-corrected chi connectivity index (χ0v) is 14.1. The fraction of sp³-hybridized carbons (Fsp3) is 0.533. The first-order valence-electron chi connectivity index (χ1n) is 6.73. The van der Waals surface area contributed by atoms with Crippen LogP contribution in [0.4, 0.5) is 4.79 Å². The Labute approximate surface area is 135 Å². The van der Waals surface area contributed by atoms with Gasteiger partial charge in [-0.3, -0.25) is 0 Å². The molecule has 0 radical (unpaired) electrons. The van der Waals surface area contributed by atoms with Crippen LogP contribution in [0, 0.1) is 0 Å². The Kier molecular flexibility index (Phi) is 7.35. The fourth-order valence-electron chi connectivity index (χ4n) is 1.52. The van der Waals surface area contributed by atoms with Crippen LogP contribution in [0.3, 0.4) is 0 Å². The van der Waals surface area contributed by atoms with Crippen LogP contribution in [0.1, 0.15) is 20.8 Å². The van der Waals surface area contributed by atoms with Gasteiger partial charge in [-0.2, -0.15) is 0 Å². The molecule has 1 aromatic carbocycles. The number of halogens is 1. The lowest BCUT2D eigenvalue weighted by atomic mass is 10.2. The second kappa shape index (κ2) is 8.51. The zero-order chi connectivity index (χ0) is 15.9. The van der Waals surface area contributed by atoms with Crippen LogP contribution in [0.15, 0.2) is 35.2 Å². The number of aliphatic hydroxyl groups is 1. The highest BCUT2D eigenvalue weighted by atomic mass is 35.5. The molecule has 0 heterocycles. The Balaban J connectivity index is 2.58. The highest BCUT2D eigenvalue weighted by Crippen LogP contribution is 2.19. The molecule has 6 heteroatoms. The van der Waals surface area contributed by atoms with Crippen LogP contribution in [-0.2, 0) is 4.74 Å². The maximum atomic E-state index is 11.8. The summed E-state index contributed by atoms with van der Waals surface area (Å²) in [5.74, 6) is 0.562. The highest BCUT2D eigenvalue weighted by Gasteiger charge is 2.24. The number of alkyl carbamates (subject to hydrolysis) is 1. The standard InChI is InChI=1S/C15H22ClNO3S/c1-15(2,3)20-14(19)17-12(13(18)9-16)10-21-11-7-5-4-6-8-11/h4-8,12-13,18H,9-10H2,1-3H3,(H,17,19)/t12-,13+/m0/s1. The van der Waals surface area contributed by atoms with Gasteiger partial charge in [0.1, 0.15) is 5.60 Å². The molecule has 0 spiro atoms. The van der Waals surface area contributed by atoms with Crippen LogP contribution < -0.4 is 5.32 Å². The molecule has 1 aromatic rings. The van der Waals surface area contributed by atoms with Crippen molar-refractivity contribution in [2.45, 2.75) is 43.4 Å². The molecule has 0 saturated heterocycles. The fourth-order valence-corrected chi connectivity index (χ4v) is 2.76. The van der Waals surface area contributed by atoms with E-state index >= 15 is 0 Å². The van der Waals surface area contributed by atoms with E-state index in [1.54, 1.807) is 32.5 Å². The van der Waals surface area contributed by atoms with Gasteiger partial charge in [0, 0.05) is 10.6 Å². The second-order valence-electron chi connectivity index (χ2n) is 5.60. The van der Waals surface area contributed by atoms with Gasteiger partial charge in [-0.05, 0) is 32.9 Å². The molecule has 0 saturated carbocycles. The summed E-state index contributed by atoms with van der Waals surface area (Å²) in [5, 5.41) is 12.6. The maximum Gasteiger partial charge on any atom is 0.407 e. The summed E-state index contributed by atoms with van der Waals surface area (Å²) in [4.78, 5) is 12.9. The SMILES string of the molecule is CC(C)(C)OC(=O)N[C@@H](CSc1ccccc1)[C@H](O)CCl. The number of rotatable bonds is 6. The summed E-state index contributed by atoms with van der Waals surface area (Å²) >= 11 is 7.24. The summed E-state index contributed by atoms with van der Waals surface area (Å²) in [7, 11) is 0. The molecule has 21 heavy (non-hydrogen) atoms. The predicted molar refractivity (Wildman–Crippen MR) is 87.1 cm³/mol. The lowest BCUT2D eigenvalue weighted by Gasteiger charge is -2.25. The third kappa shape index (κ3) is 7.60. The summed E-state index contributed by atoms with van der Waals surface area (Å²) in [6, 6.07) is 9.30. The Morgan fingerprint density at radius 1 is 1.38 bits per heavy atom. The molecule has 0 aliphatic carbocycles. The van der Waals surface area contributed by atoms with Gasteiger partial charge in [0.05, 0.1) is 18.0 Å². The first kappa shape index (κ1) is 18.1. The van der Waals surface area contributed by atoms with E-state index in [0.717, 1.165) is 4.90 Å². The van der Waals surface area contributed by atoms with Crippen molar-refractivity contribution in [1.82, 2.24) is 5.32 Å². The minimum Gasteiger partial charge on any atom is -0.444 e. The van der Waals surface area contributed by atoms with Gasteiger partial charge in [0.2, 0.25) is 0 Å². The molecule has 0 unspecified atom stereocenters. The monoisotopic (exact) mass is 331 g/mol. The van der Waals surface area contributed by atoms with E-state index in [9.17, 15) is 9.90 Å². The molecule has 0 fully saturated rings. The van der Waals surface area contributed by atoms with Crippen molar-refractivity contribution in [2.75, 3.05) is 11.6 Å². The number of thioether (sulfide) groups is 1. The topological polar surface area (TPSA) is 58.6 Å². The first-order valence-corrected chi connectivity index (χ1v) is 8.25. The van der Waals surface area contributed by atoms with Crippen LogP contribution in [-0.4, -0.2) is 40.6 Å². The number of hydrogen-bond acceptors (Lipinski definition) is 4. The van der Waals surface area contributed by atoms with Crippen LogP contribution in [0.5, 0.6) is 0 Å². The molecular formula is C15H22ClNO3S. The molecule has 0 aromatic heterocycles. The molecule has 0 bridgehead atoms. The summed E-state index contributed by atoms with van der Waals surface area (Å²) in [6.45, 7) is 5.37. The highest BCUT2D eigenvalue weighted by molar-refractivity contribution is 7.99. The number of carbonyl (C=O) groups excluding carboxylic acids is 1. The van der Waals surface area contributed by atoms with E-state index in [2.05, 4.69) is 5.32 Å². The van der Waals surface area contributed by atoms with Gasteiger partial charge >= 0.3 is 6.09 Å². The molecule has 4 nitrogen and oxygen atoms in total. The van der Waals surface area contributed by atoms with E-state index in [4.69, 9.17) is 16.3 Å². The predicted octanol–water partition coefficient (Wildman–Crippen LogP) is 3.27. The Morgan fingerprint density at radius 2 is 2.00 bits per heavy atom. The van der Waals surface area contributed by atoms with Crippen molar-refractivity contribution in [1.29, 1.82) is 0 Å². The average molecular weight is 332 g/mol. The number of aliphatic hydroxyl groups excluding tert-OH is 1. The number of alkyl halides is 1. The van der Waals surface area contributed by atoms with E-state index in [1.807, 2.05) is 30.3 Å². The van der Waals surface area contributed by atoms with Crippen molar-refractivity contribution in [3.63, 3.8) is 0 Å². The van der Waals surface area contributed by atoms with Gasteiger partial charge in [-0.1, -0.05) is 18.2 Å². The molecule has 0 aliphatic heterocycles. The number of nitrogens with one attached hydrogen (secondary N) is 1. The minimum atomic E-state index is -0.824. The summed E-state index contributed by atoms with van der Waals surface area (Å²) < 4.78 is 5.20. The first-order chi connectivity index (χ1) is 9.81. The Morgan fingerprint density at radius 3 is 2.52 bits per heavy atom. The molecule has 2 N–H and O–H groups in total. The Bertz CT molecular complexity index is 436. The van der Waals surface area contributed by atoms with Crippen molar-refractivity contribution in [2.24, 2.45) is 0 Å². The van der Waals surface area contributed by atoms with Crippen molar-refractivity contribution >= 4 is 29.5 Å². The maximum absolute atomic E-state index is 11.8. The largest absolute Gasteiger partial charge is 0.444 e. The number of carbonyl (C=O) groups is 1. The lowest BCUT2D eigenvalue weighted by Crippen LogP contribution is -2.47. The van der Waals surface area contributed by atoms with E-state index < -0.39 is 23.8 Å². The van der Waals surface area contributed by atoms with Crippen LogP contribution in [0.2, 0.25) is 0 Å². The second-order valence-corrected chi connectivity index (χ2v) is 7.00. The Hall–Kier alpha value is -0.910. The molecule has 0 aliphatic rings. The number of benzene rings is 1. The molecular weight excluding hydrogens is 310 g/mol. The third-order valence-corrected chi connectivity index (χ3v) is 3.94. The summed E-state index contributed by atoms with van der Waals surface area (Å²) in [5.41, 5.74) is -0.576. The average Bonchev–Trinajstić information content (AvgIpc) is 2.41. The van der Waals surface area contributed by atoms with Crippen molar-refractivity contribution in [3.8, 4) is 0 Å². The molecule has 2 atom stereocenters. The van der Waals surface area contributed by atoms with Crippen LogP contribution in [0.25, 0.3) is 0 Å². The van der Waals surface area contributed by atoms with Gasteiger partial charge in [-0.15, -0.1) is 23.4 Å². The molecule has 1 rings (SSSR count). The molecule has 1 amide bonds. The minimum absolute atomic E-state index is 0.0514. The molecule has 118 valence electrons. The van der Waals surface area contributed by atoms with Gasteiger partial charge in [0.25, 0.3) is 0 Å². The van der Waals surface area contributed by atoms with Gasteiger partial charge < -0.3 is 15.2 Å². The summed E-state index contributed by atoms with van der Waals surface area (Å²) in [6.07, 6.45) is -1.37. The van der Waals surface area contributed by atoms with E-state index in [0.29, 0.717) is 5.75 Å². The van der Waals surface area contributed by atoms with Crippen molar-refractivity contribution < 1.29 is 14.6 Å². The van der Waals surface area contributed by atoms with Crippen molar-refractivity contribution in [3.05, 3.63) is 30.3 Å². The van der Waals surface area contributed by atoms with E-state index in [-0.39, 0.29) is 5.88 Å². The van der Waals surface area contributed by atoms with E-state index in [1.165, 1.54) is 0 Å². The zero-order valence-electron chi connectivity index (χ0n) is 12.5. The van der Waals surface area contributed by atoms with Crippen LogP contribution >= 0.6 is 23.4 Å². The lowest BCUT2D eigenvalue weighted by molar-refractivity contribution is 0.0455. The van der Waals surface area contributed by atoms with Gasteiger partial charge in [0.15, 0.2) is 0 Å².